The number of nitrogens with zero attached hydrogens (tertiary/aromatic N) is 4. The molecular formula is C21H22N6O4. The van der Waals surface area contributed by atoms with E-state index in [1.165, 1.54) is 24.2 Å². The second kappa shape index (κ2) is 9.33. The SMILES string of the molecule is O=C(O)CC1CCC(c2ccc(NC(=O)c3nnc(Nc4cnccn4)o3)cc2)CC1. The molecule has 1 amide bonds. The van der Waals surface area contributed by atoms with Crippen LogP contribution in [-0.4, -0.2) is 37.1 Å². The van der Waals surface area contributed by atoms with Crippen LogP contribution in [-0.2, 0) is 4.79 Å². The van der Waals surface area contributed by atoms with Gasteiger partial charge in [-0.15, -0.1) is 5.10 Å². The smallest absolute Gasteiger partial charge is 0.321 e. The number of anilines is 3. The lowest BCUT2D eigenvalue weighted by atomic mass is 9.77. The monoisotopic (exact) mass is 422 g/mol. The van der Waals surface area contributed by atoms with E-state index in [0.29, 0.717) is 17.4 Å². The predicted molar refractivity (Wildman–Crippen MR) is 111 cm³/mol. The van der Waals surface area contributed by atoms with Crippen LogP contribution < -0.4 is 10.6 Å². The maximum absolute atomic E-state index is 12.4. The third-order valence-electron chi connectivity index (χ3n) is 5.37. The van der Waals surface area contributed by atoms with Gasteiger partial charge in [-0.2, -0.15) is 0 Å². The van der Waals surface area contributed by atoms with Crippen molar-refractivity contribution in [2.45, 2.75) is 38.0 Å². The first-order valence-electron chi connectivity index (χ1n) is 10.1. The summed E-state index contributed by atoms with van der Waals surface area (Å²) in [5, 5.41) is 22.0. The van der Waals surface area contributed by atoms with Crippen molar-refractivity contribution in [3.63, 3.8) is 0 Å². The first kappa shape index (κ1) is 20.5. The quantitative estimate of drug-likeness (QED) is 0.520. The van der Waals surface area contributed by atoms with Crippen molar-refractivity contribution in [1.82, 2.24) is 20.2 Å². The van der Waals surface area contributed by atoms with Gasteiger partial charge in [0.1, 0.15) is 0 Å². The summed E-state index contributed by atoms with van der Waals surface area (Å²) < 4.78 is 5.32. The molecule has 3 aromatic rings. The summed E-state index contributed by atoms with van der Waals surface area (Å²) in [5.41, 5.74) is 1.81. The summed E-state index contributed by atoms with van der Waals surface area (Å²) in [6.45, 7) is 0. The number of hydrogen-bond acceptors (Lipinski definition) is 8. The Balaban J connectivity index is 1.31. The van der Waals surface area contributed by atoms with Gasteiger partial charge in [0.05, 0.1) is 6.20 Å². The highest BCUT2D eigenvalue weighted by Crippen LogP contribution is 2.37. The number of aromatic nitrogens is 4. The van der Waals surface area contributed by atoms with Gasteiger partial charge in [0.25, 0.3) is 0 Å². The van der Waals surface area contributed by atoms with E-state index < -0.39 is 11.9 Å². The highest BCUT2D eigenvalue weighted by molar-refractivity contribution is 6.00. The molecule has 2 heterocycles. The van der Waals surface area contributed by atoms with E-state index in [0.717, 1.165) is 25.7 Å². The van der Waals surface area contributed by atoms with Gasteiger partial charge in [-0.05, 0) is 55.2 Å². The summed E-state index contributed by atoms with van der Waals surface area (Å²) >= 11 is 0. The number of carbonyl (C=O) groups excluding carboxylic acids is 1. The predicted octanol–water partition coefficient (Wildman–Crippen LogP) is 3.60. The molecule has 1 aliphatic carbocycles. The number of hydrogen-bond donors (Lipinski definition) is 3. The van der Waals surface area contributed by atoms with Gasteiger partial charge < -0.3 is 14.8 Å². The third-order valence-corrected chi connectivity index (χ3v) is 5.37. The van der Waals surface area contributed by atoms with E-state index in [4.69, 9.17) is 9.52 Å². The molecule has 0 radical (unpaired) electrons. The molecular weight excluding hydrogens is 400 g/mol. The lowest BCUT2D eigenvalue weighted by molar-refractivity contribution is -0.138. The molecule has 0 bridgehead atoms. The molecule has 1 aromatic carbocycles. The fourth-order valence-electron chi connectivity index (χ4n) is 3.81. The van der Waals surface area contributed by atoms with Crippen molar-refractivity contribution in [3.05, 3.63) is 54.3 Å². The number of benzene rings is 1. The largest absolute Gasteiger partial charge is 0.481 e. The second-order valence-electron chi connectivity index (χ2n) is 7.52. The van der Waals surface area contributed by atoms with Gasteiger partial charge in [-0.1, -0.05) is 17.2 Å². The average molecular weight is 422 g/mol. The van der Waals surface area contributed by atoms with Crippen LogP contribution in [0.25, 0.3) is 0 Å². The number of carbonyl (C=O) groups is 2. The molecule has 1 fully saturated rings. The van der Waals surface area contributed by atoms with Gasteiger partial charge in [-0.25, -0.2) is 4.98 Å². The van der Waals surface area contributed by atoms with Crippen molar-refractivity contribution in [1.29, 1.82) is 0 Å². The molecule has 0 aliphatic heterocycles. The highest BCUT2D eigenvalue weighted by atomic mass is 16.4. The Morgan fingerprint density at radius 3 is 2.52 bits per heavy atom. The number of rotatable bonds is 7. The van der Waals surface area contributed by atoms with Gasteiger partial charge in [0.15, 0.2) is 5.82 Å². The van der Waals surface area contributed by atoms with Gasteiger partial charge in [-0.3, -0.25) is 19.9 Å². The maximum atomic E-state index is 12.4. The van der Waals surface area contributed by atoms with E-state index in [9.17, 15) is 9.59 Å². The Kier molecular flexibility index (Phi) is 6.16. The summed E-state index contributed by atoms with van der Waals surface area (Å²) in [4.78, 5) is 31.2. The molecule has 2 aromatic heterocycles. The van der Waals surface area contributed by atoms with Crippen LogP contribution in [0.2, 0.25) is 0 Å². The number of carboxylic acid groups (broad SMARTS) is 1. The Morgan fingerprint density at radius 1 is 1.06 bits per heavy atom. The third kappa shape index (κ3) is 5.41. The molecule has 10 heteroatoms. The zero-order valence-corrected chi connectivity index (χ0v) is 16.7. The number of aliphatic carboxylic acids is 1. The fourth-order valence-corrected chi connectivity index (χ4v) is 3.81. The number of carboxylic acids is 1. The summed E-state index contributed by atoms with van der Waals surface area (Å²) in [7, 11) is 0. The molecule has 0 atom stereocenters. The minimum absolute atomic E-state index is 0.0412. The van der Waals surface area contributed by atoms with Crippen LogP contribution >= 0.6 is 0 Å². The molecule has 1 aliphatic rings. The Morgan fingerprint density at radius 2 is 1.84 bits per heavy atom. The minimum Gasteiger partial charge on any atom is -0.481 e. The zero-order chi connectivity index (χ0) is 21.6. The molecule has 31 heavy (non-hydrogen) atoms. The van der Waals surface area contributed by atoms with Crippen molar-refractivity contribution >= 4 is 29.4 Å². The van der Waals surface area contributed by atoms with Crippen LogP contribution in [0.15, 0.2) is 47.3 Å². The molecule has 3 N–H and O–H groups in total. The van der Waals surface area contributed by atoms with E-state index in [1.54, 1.807) is 0 Å². The summed E-state index contributed by atoms with van der Waals surface area (Å²) in [6, 6.07) is 7.70. The van der Waals surface area contributed by atoms with Gasteiger partial charge in [0, 0.05) is 24.5 Å². The van der Waals surface area contributed by atoms with Crippen LogP contribution in [0.1, 0.15) is 54.3 Å². The Hall–Kier alpha value is -3.82. The lowest BCUT2D eigenvalue weighted by Gasteiger charge is -2.28. The zero-order valence-electron chi connectivity index (χ0n) is 16.7. The second-order valence-corrected chi connectivity index (χ2v) is 7.52. The van der Waals surface area contributed by atoms with Crippen molar-refractivity contribution in [2.75, 3.05) is 10.6 Å². The molecule has 10 nitrogen and oxygen atoms in total. The molecule has 0 spiro atoms. The summed E-state index contributed by atoms with van der Waals surface area (Å²) in [5.74, 6) is -0.295. The summed E-state index contributed by atoms with van der Waals surface area (Å²) in [6.07, 6.45) is 8.61. The fraction of sp³-hybridized carbons (Fsp3) is 0.333. The molecule has 0 saturated heterocycles. The molecule has 0 unspecified atom stereocenters. The van der Waals surface area contributed by atoms with Crippen LogP contribution in [0.3, 0.4) is 0 Å². The van der Waals surface area contributed by atoms with E-state index in [2.05, 4.69) is 30.8 Å². The average Bonchev–Trinajstić information content (AvgIpc) is 3.24. The van der Waals surface area contributed by atoms with Crippen molar-refractivity contribution in [3.8, 4) is 0 Å². The van der Waals surface area contributed by atoms with Gasteiger partial charge >= 0.3 is 23.8 Å². The molecule has 4 rings (SSSR count). The number of nitrogens with one attached hydrogen (secondary N) is 2. The van der Waals surface area contributed by atoms with Crippen molar-refractivity contribution in [2.24, 2.45) is 5.92 Å². The molecule has 1 saturated carbocycles. The van der Waals surface area contributed by atoms with E-state index in [1.807, 2.05) is 24.3 Å². The Bertz CT molecular complexity index is 1030. The normalized spacial score (nSPS) is 18.3. The minimum atomic E-state index is -0.721. The topological polar surface area (TPSA) is 143 Å². The van der Waals surface area contributed by atoms with E-state index >= 15 is 0 Å². The molecule has 160 valence electrons. The van der Waals surface area contributed by atoms with Crippen LogP contribution in [0.5, 0.6) is 0 Å². The highest BCUT2D eigenvalue weighted by Gasteiger charge is 2.24. The standard InChI is InChI=1S/C21H22N6O4/c28-18(29)11-13-1-3-14(4-2-13)15-5-7-16(8-6-15)24-19(30)20-26-27-21(31-20)25-17-12-22-9-10-23-17/h5-10,12-14H,1-4,11H2,(H,24,30)(H,28,29)(H,23,25,27). The number of amides is 1. The first-order valence-corrected chi connectivity index (χ1v) is 10.1. The van der Waals surface area contributed by atoms with Crippen molar-refractivity contribution < 1.29 is 19.1 Å². The van der Waals surface area contributed by atoms with Crippen LogP contribution in [0.4, 0.5) is 17.5 Å². The first-order chi connectivity index (χ1) is 15.1. The van der Waals surface area contributed by atoms with E-state index in [-0.39, 0.29) is 24.2 Å². The van der Waals surface area contributed by atoms with Crippen LogP contribution in [0, 0.1) is 5.92 Å². The van der Waals surface area contributed by atoms with Gasteiger partial charge in [0.2, 0.25) is 0 Å². The lowest BCUT2D eigenvalue weighted by Crippen LogP contribution is -2.16. The maximum Gasteiger partial charge on any atom is 0.321 e. The Labute approximate surface area is 178 Å².